The molecule has 0 aliphatic carbocycles. The summed E-state index contributed by atoms with van der Waals surface area (Å²) in [4.78, 5) is 6.03. The van der Waals surface area contributed by atoms with Gasteiger partial charge in [0.05, 0.1) is 5.69 Å². The van der Waals surface area contributed by atoms with Crippen LogP contribution in [0.2, 0.25) is 0 Å². The van der Waals surface area contributed by atoms with Crippen LogP contribution in [0.4, 0.5) is 4.39 Å². The van der Waals surface area contributed by atoms with Crippen molar-refractivity contribution < 1.29 is 4.39 Å². The molecule has 1 aromatic heterocycles. The van der Waals surface area contributed by atoms with E-state index in [0.717, 1.165) is 41.3 Å². The second-order valence-electron chi connectivity index (χ2n) is 5.73. The van der Waals surface area contributed by atoms with Crippen molar-refractivity contribution in [2.45, 2.75) is 40.7 Å². The molecule has 0 fully saturated rings. The predicted octanol–water partition coefficient (Wildman–Crippen LogP) is 4.57. The van der Waals surface area contributed by atoms with Crippen LogP contribution in [-0.4, -0.2) is 11.5 Å². The Kier molecular flexibility index (Phi) is 5.48. The van der Waals surface area contributed by atoms with E-state index >= 15 is 0 Å². The largest absolute Gasteiger partial charge is 0.312 e. The zero-order valence-electron chi connectivity index (χ0n) is 13.2. The summed E-state index contributed by atoms with van der Waals surface area (Å²) in [5.41, 5.74) is 3.12. The molecule has 2 aromatic rings. The summed E-state index contributed by atoms with van der Waals surface area (Å²) in [5.74, 6) is 0.448. The van der Waals surface area contributed by atoms with E-state index in [9.17, 15) is 4.39 Å². The first-order chi connectivity index (χ1) is 10.0. The molecule has 0 amide bonds. The van der Waals surface area contributed by atoms with Crippen LogP contribution in [0.5, 0.6) is 0 Å². The maximum atomic E-state index is 13.2. The molecule has 1 N–H and O–H groups in total. The lowest BCUT2D eigenvalue weighted by molar-refractivity contribution is 0.553. The van der Waals surface area contributed by atoms with E-state index in [0.29, 0.717) is 5.92 Å². The number of rotatable bonds is 6. The van der Waals surface area contributed by atoms with Gasteiger partial charge in [0.1, 0.15) is 10.8 Å². The standard InChI is InChI=1S/C17H23FN2S/c1-5-15-16(10-19-9-11(2)3)21-17(20-15)14-7-6-13(18)8-12(14)4/h6-8,11,19H,5,9-10H2,1-4H3. The van der Waals surface area contributed by atoms with E-state index in [1.807, 2.05) is 13.0 Å². The molecule has 1 aromatic carbocycles. The summed E-state index contributed by atoms with van der Waals surface area (Å²) in [6.45, 7) is 10.3. The van der Waals surface area contributed by atoms with Crippen molar-refractivity contribution in [1.82, 2.24) is 10.3 Å². The molecule has 0 bridgehead atoms. The molecule has 0 saturated carbocycles. The number of nitrogens with one attached hydrogen (secondary N) is 1. The normalized spacial score (nSPS) is 11.3. The fraction of sp³-hybridized carbons (Fsp3) is 0.471. The second-order valence-corrected chi connectivity index (χ2v) is 6.81. The molecule has 0 aliphatic rings. The van der Waals surface area contributed by atoms with Crippen molar-refractivity contribution in [3.63, 3.8) is 0 Å². The molecular formula is C17H23FN2S. The number of hydrogen-bond donors (Lipinski definition) is 1. The average molecular weight is 306 g/mol. The summed E-state index contributed by atoms with van der Waals surface area (Å²) in [5, 5.41) is 4.47. The summed E-state index contributed by atoms with van der Waals surface area (Å²) < 4.78 is 13.2. The Morgan fingerprint density at radius 3 is 2.71 bits per heavy atom. The smallest absolute Gasteiger partial charge is 0.124 e. The van der Waals surface area contributed by atoms with Crippen molar-refractivity contribution in [3.8, 4) is 10.6 Å². The van der Waals surface area contributed by atoms with Crippen LogP contribution in [0, 0.1) is 18.7 Å². The van der Waals surface area contributed by atoms with Gasteiger partial charge in [-0.1, -0.05) is 20.8 Å². The van der Waals surface area contributed by atoms with Crippen LogP contribution in [0.3, 0.4) is 0 Å². The van der Waals surface area contributed by atoms with Crippen molar-refractivity contribution in [3.05, 3.63) is 40.2 Å². The van der Waals surface area contributed by atoms with E-state index in [4.69, 9.17) is 4.98 Å². The summed E-state index contributed by atoms with van der Waals surface area (Å²) in [7, 11) is 0. The molecular weight excluding hydrogens is 283 g/mol. The summed E-state index contributed by atoms with van der Waals surface area (Å²) in [6, 6.07) is 4.90. The first kappa shape index (κ1) is 16.1. The monoisotopic (exact) mass is 306 g/mol. The van der Waals surface area contributed by atoms with Crippen molar-refractivity contribution in [2.24, 2.45) is 5.92 Å². The number of halogens is 1. The lowest BCUT2D eigenvalue weighted by Gasteiger charge is -2.06. The van der Waals surface area contributed by atoms with Crippen molar-refractivity contribution in [2.75, 3.05) is 6.54 Å². The molecule has 0 atom stereocenters. The van der Waals surface area contributed by atoms with Gasteiger partial charge in [-0.15, -0.1) is 11.3 Å². The highest BCUT2D eigenvalue weighted by Gasteiger charge is 2.13. The molecule has 1 heterocycles. The third-order valence-corrected chi connectivity index (χ3v) is 4.50. The molecule has 0 spiro atoms. The van der Waals surface area contributed by atoms with Crippen molar-refractivity contribution in [1.29, 1.82) is 0 Å². The third kappa shape index (κ3) is 4.11. The second kappa shape index (κ2) is 7.14. The fourth-order valence-electron chi connectivity index (χ4n) is 2.25. The maximum absolute atomic E-state index is 13.2. The third-order valence-electron chi connectivity index (χ3n) is 3.37. The van der Waals surface area contributed by atoms with Crippen LogP contribution in [-0.2, 0) is 13.0 Å². The van der Waals surface area contributed by atoms with Crippen LogP contribution >= 0.6 is 11.3 Å². The Hall–Kier alpha value is -1.26. The minimum Gasteiger partial charge on any atom is -0.312 e. The maximum Gasteiger partial charge on any atom is 0.124 e. The molecule has 0 unspecified atom stereocenters. The Morgan fingerprint density at radius 1 is 1.33 bits per heavy atom. The number of nitrogens with zero attached hydrogens (tertiary/aromatic N) is 1. The van der Waals surface area contributed by atoms with E-state index in [2.05, 4.69) is 26.1 Å². The number of aromatic nitrogens is 1. The highest BCUT2D eigenvalue weighted by Crippen LogP contribution is 2.31. The Balaban J connectivity index is 2.23. The molecule has 114 valence electrons. The Labute approximate surface area is 130 Å². The molecule has 2 nitrogen and oxygen atoms in total. The molecule has 21 heavy (non-hydrogen) atoms. The number of aryl methyl sites for hydroxylation is 2. The summed E-state index contributed by atoms with van der Waals surface area (Å²) in [6.07, 6.45) is 0.926. The van der Waals surface area contributed by atoms with E-state index in [-0.39, 0.29) is 5.82 Å². The van der Waals surface area contributed by atoms with E-state index in [1.54, 1.807) is 17.4 Å². The van der Waals surface area contributed by atoms with Gasteiger partial charge >= 0.3 is 0 Å². The topological polar surface area (TPSA) is 24.9 Å². The van der Waals surface area contributed by atoms with E-state index < -0.39 is 0 Å². The van der Waals surface area contributed by atoms with Gasteiger partial charge in [-0.2, -0.15) is 0 Å². The van der Waals surface area contributed by atoms with Gasteiger partial charge in [0.15, 0.2) is 0 Å². The lowest BCUT2D eigenvalue weighted by Crippen LogP contribution is -2.18. The van der Waals surface area contributed by atoms with Crippen LogP contribution in [0.1, 0.15) is 36.9 Å². The van der Waals surface area contributed by atoms with Crippen molar-refractivity contribution >= 4 is 11.3 Å². The molecule has 2 rings (SSSR count). The van der Waals surface area contributed by atoms with Gasteiger partial charge in [-0.3, -0.25) is 0 Å². The Morgan fingerprint density at radius 2 is 2.10 bits per heavy atom. The lowest BCUT2D eigenvalue weighted by atomic mass is 10.1. The molecule has 0 aliphatic heterocycles. The summed E-state index contributed by atoms with van der Waals surface area (Å²) >= 11 is 1.71. The first-order valence-corrected chi connectivity index (χ1v) is 8.28. The molecule has 4 heteroatoms. The highest BCUT2D eigenvalue weighted by atomic mass is 32.1. The van der Waals surface area contributed by atoms with E-state index in [1.165, 1.54) is 10.9 Å². The quantitative estimate of drug-likeness (QED) is 0.846. The zero-order chi connectivity index (χ0) is 15.4. The van der Waals surface area contributed by atoms with Gasteiger partial charge in [-0.25, -0.2) is 9.37 Å². The minimum atomic E-state index is -0.192. The predicted molar refractivity (Wildman–Crippen MR) is 88.2 cm³/mol. The van der Waals surface area contributed by atoms with Gasteiger partial charge in [0, 0.05) is 17.0 Å². The van der Waals surface area contributed by atoms with Gasteiger partial charge in [0.25, 0.3) is 0 Å². The zero-order valence-corrected chi connectivity index (χ0v) is 14.0. The van der Waals surface area contributed by atoms with Crippen LogP contribution in [0.15, 0.2) is 18.2 Å². The minimum absolute atomic E-state index is 0.192. The van der Waals surface area contributed by atoms with Gasteiger partial charge in [-0.05, 0) is 49.6 Å². The van der Waals surface area contributed by atoms with Gasteiger partial charge in [0.2, 0.25) is 0 Å². The SMILES string of the molecule is CCc1nc(-c2ccc(F)cc2C)sc1CNCC(C)C. The van der Waals surface area contributed by atoms with Crippen LogP contribution in [0.25, 0.3) is 10.6 Å². The van der Waals surface area contributed by atoms with Crippen LogP contribution < -0.4 is 5.32 Å². The van der Waals surface area contributed by atoms with Gasteiger partial charge < -0.3 is 5.32 Å². The number of hydrogen-bond acceptors (Lipinski definition) is 3. The highest BCUT2D eigenvalue weighted by molar-refractivity contribution is 7.15. The molecule has 0 radical (unpaired) electrons. The average Bonchev–Trinajstić information content (AvgIpc) is 2.81. The number of thiazole rings is 1. The first-order valence-electron chi connectivity index (χ1n) is 7.47. The Bertz CT molecular complexity index is 605. The number of benzene rings is 1. The fourth-order valence-corrected chi connectivity index (χ4v) is 3.46. The molecule has 0 saturated heterocycles.